The van der Waals surface area contributed by atoms with Gasteiger partial charge < -0.3 is 10.4 Å². The fourth-order valence-corrected chi connectivity index (χ4v) is 2.47. The second-order valence-electron chi connectivity index (χ2n) is 5.93. The molecule has 0 aromatic heterocycles. The van der Waals surface area contributed by atoms with E-state index in [1.54, 1.807) is 24.3 Å². The third-order valence-corrected chi connectivity index (χ3v) is 3.82. The fraction of sp³-hybridized carbons (Fsp3) is 0.533. The van der Waals surface area contributed by atoms with Crippen molar-refractivity contribution in [3.63, 3.8) is 0 Å². The van der Waals surface area contributed by atoms with Gasteiger partial charge in [0.1, 0.15) is 5.75 Å². The van der Waals surface area contributed by atoms with Crippen molar-refractivity contribution in [1.82, 2.24) is 5.32 Å². The van der Waals surface area contributed by atoms with Gasteiger partial charge in [-0.25, -0.2) is 0 Å². The summed E-state index contributed by atoms with van der Waals surface area (Å²) in [6, 6.07) is 6.91. The van der Waals surface area contributed by atoms with E-state index < -0.39 is 0 Å². The Labute approximate surface area is 108 Å². The SMILES string of the molecule is CC1(C)CCC(NC(=O)c2ccccc2O)CC1. The van der Waals surface area contributed by atoms with Gasteiger partial charge >= 0.3 is 0 Å². The van der Waals surface area contributed by atoms with Gasteiger partial charge in [0.25, 0.3) is 5.91 Å². The molecular formula is C15H21NO2. The Morgan fingerprint density at radius 2 is 1.89 bits per heavy atom. The Kier molecular flexibility index (Phi) is 3.60. The molecule has 0 aliphatic heterocycles. The molecular weight excluding hydrogens is 226 g/mol. The van der Waals surface area contributed by atoms with Crippen molar-refractivity contribution in [3.05, 3.63) is 29.8 Å². The molecule has 1 fully saturated rings. The van der Waals surface area contributed by atoms with E-state index >= 15 is 0 Å². The molecule has 1 saturated carbocycles. The van der Waals surface area contributed by atoms with Gasteiger partial charge in [0.2, 0.25) is 0 Å². The summed E-state index contributed by atoms with van der Waals surface area (Å²) in [4.78, 5) is 12.0. The molecule has 0 spiro atoms. The first kappa shape index (κ1) is 12.9. The first-order valence-corrected chi connectivity index (χ1v) is 6.57. The Bertz CT molecular complexity index is 430. The number of para-hydroxylation sites is 1. The smallest absolute Gasteiger partial charge is 0.255 e. The summed E-state index contributed by atoms with van der Waals surface area (Å²) in [5.74, 6) is -0.121. The van der Waals surface area contributed by atoms with Crippen LogP contribution in [-0.2, 0) is 0 Å². The van der Waals surface area contributed by atoms with Gasteiger partial charge in [-0.05, 0) is 43.2 Å². The molecule has 0 bridgehead atoms. The van der Waals surface area contributed by atoms with Crippen LogP contribution in [0.15, 0.2) is 24.3 Å². The van der Waals surface area contributed by atoms with Crippen molar-refractivity contribution in [2.24, 2.45) is 5.41 Å². The molecule has 0 radical (unpaired) electrons. The molecule has 98 valence electrons. The number of benzene rings is 1. The van der Waals surface area contributed by atoms with E-state index in [-0.39, 0.29) is 17.7 Å². The van der Waals surface area contributed by atoms with Crippen molar-refractivity contribution in [2.45, 2.75) is 45.6 Å². The number of phenols is 1. The van der Waals surface area contributed by atoms with Crippen LogP contribution >= 0.6 is 0 Å². The zero-order valence-electron chi connectivity index (χ0n) is 11.1. The second-order valence-corrected chi connectivity index (χ2v) is 5.93. The van der Waals surface area contributed by atoms with Gasteiger partial charge in [0, 0.05) is 6.04 Å². The molecule has 2 N–H and O–H groups in total. The standard InChI is InChI=1S/C15H21NO2/c1-15(2)9-7-11(8-10-15)16-14(18)12-5-3-4-6-13(12)17/h3-6,11,17H,7-10H2,1-2H3,(H,16,18). The summed E-state index contributed by atoms with van der Waals surface area (Å²) in [5.41, 5.74) is 0.762. The van der Waals surface area contributed by atoms with Crippen molar-refractivity contribution in [2.75, 3.05) is 0 Å². The van der Waals surface area contributed by atoms with E-state index in [1.807, 2.05) is 0 Å². The zero-order chi connectivity index (χ0) is 13.2. The quantitative estimate of drug-likeness (QED) is 0.843. The average molecular weight is 247 g/mol. The van der Waals surface area contributed by atoms with Gasteiger partial charge in [0.05, 0.1) is 5.56 Å². The number of hydrogen-bond acceptors (Lipinski definition) is 2. The van der Waals surface area contributed by atoms with Crippen LogP contribution in [0.4, 0.5) is 0 Å². The molecule has 0 heterocycles. The minimum Gasteiger partial charge on any atom is -0.507 e. The number of nitrogens with one attached hydrogen (secondary N) is 1. The van der Waals surface area contributed by atoms with Crippen LogP contribution in [0, 0.1) is 5.41 Å². The lowest BCUT2D eigenvalue weighted by Gasteiger charge is -2.34. The molecule has 1 aliphatic rings. The number of hydrogen-bond donors (Lipinski definition) is 2. The van der Waals surface area contributed by atoms with Crippen LogP contribution in [-0.4, -0.2) is 17.1 Å². The van der Waals surface area contributed by atoms with E-state index in [0.29, 0.717) is 11.0 Å². The maximum atomic E-state index is 12.0. The highest BCUT2D eigenvalue weighted by Gasteiger charge is 2.27. The van der Waals surface area contributed by atoms with Gasteiger partial charge in [-0.3, -0.25) is 4.79 Å². The highest BCUT2D eigenvalue weighted by Crippen LogP contribution is 2.35. The number of aromatic hydroxyl groups is 1. The molecule has 1 aromatic rings. The Hall–Kier alpha value is -1.51. The molecule has 1 amide bonds. The number of carbonyl (C=O) groups is 1. The van der Waals surface area contributed by atoms with Gasteiger partial charge in [-0.2, -0.15) is 0 Å². The summed E-state index contributed by atoms with van der Waals surface area (Å²) < 4.78 is 0. The lowest BCUT2D eigenvalue weighted by molar-refractivity contribution is 0.0906. The van der Waals surface area contributed by atoms with Crippen molar-refractivity contribution >= 4 is 5.91 Å². The van der Waals surface area contributed by atoms with E-state index in [2.05, 4.69) is 19.2 Å². The minimum absolute atomic E-state index is 0.0474. The number of carbonyl (C=O) groups excluding carboxylic acids is 1. The van der Waals surface area contributed by atoms with E-state index in [9.17, 15) is 9.90 Å². The van der Waals surface area contributed by atoms with Crippen molar-refractivity contribution in [1.29, 1.82) is 0 Å². The second kappa shape index (κ2) is 5.01. The van der Waals surface area contributed by atoms with Crippen LogP contribution < -0.4 is 5.32 Å². The highest BCUT2D eigenvalue weighted by atomic mass is 16.3. The summed E-state index contributed by atoms with van der Waals surface area (Å²) in [5, 5.41) is 12.6. The molecule has 0 atom stereocenters. The summed E-state index contributed by atoms with van der Waals surface area (Å²) >= 11 is 0. The van der Waals surface area contributed by atoms with Crippen molar-refractivity contribution < 1.29 is 9.90 Å². The van der Waals surface area contributed by atoms with Gasteiger partial charge in [0.15, 0.2) is 0 Å². The Morgan fingerprint density at radius 1 is 1.28 bits per heavy atom. The molecule has 2 rings (SSSR count). The van der Waals surface area contributed by atoms with Crippen LogP contribution in [0.1, 0.15) is 49.9 Å². The van der Waals surface area contributed by atoms with Crippen LogP contribution in [0.5, 0.6) is 5.75 Å². The molecule has 1 aliphatic carbocycles. The lowest BCUT2D eigenvalue weighted by Crippen LogP contribution is -2.39. The maximum absolute atomic E-state index is 12.0. The zero-order valence-corrected chi connectivity index (χ0v) is 11.1. The Balaban J connectivity index is 1.95. The summed E-state index contributed by atoms with van der Waals surface area (Å²) in [7, 11) is 0. The number of amides is 1. The molecule has 0 saturated heterocycles. The first-order valence-electron chi connectivity index (χ1n) is 6.57. The van der Waals surface area contributed by atoms with Gasteiger partial charge in [-0.15, -0.1) is 0 Å². The summed E-state index contributed by atoms with van der Waals surface area (Å²) in [6.07, 6.45) is 4.32. The maximum Gasteiger partial charge on any atom is 0.255 e. The van der Waals surface area contributed by atoms with Crippen LogP contribution in [0.3, 0.4) is 0 Å². The predicted octanol–water partition coefficient (Wildman–Crippen LogP) is 3.09. The lowest BCUT2D eigenvalue weighted by atomic mass is 9.75. The predicted molar refractivity (Wildman–Crippen MR) is 71.6 cm³/mol. The van der Waals surface area contributed by atoms with E-state index in [1.165, 1.54) is 0 Å². The third kappa shape index (κ3) is 3.03. The molecule has 3 nitrogen and oxygen atoms in total. The highest BCUT2D eigenvalue weighted by molar-refractivity contribution is 5.96. The largest absolute Gasteiger partial charge is 0.507 e. The molecule has 1 aromatic carbocycles. The third-order valence-electron chi connectivity index (χ3n) is 3.82. The topological polar surface area (TPSA) is 49.3 Å². The summed E-state index contributed by atoms with van der Waals surface area (Å²) in [6.45, 7) is 4.54. The first-order chi connectivity index (χ1) is 8.48. The van der Waals surface area contributed by atoms with Crippen LogP contribution in [0.25, 0.3) is 0 Å². The monoisotopic (exact) mass is 247 g/mol. The van der Waals surface area contributed by atoms with Crippen molar-refractivity contribution in [3.8, 4) is 5.75 Å². The Morgan fingerprint density at radius 3 is 2.50 bits per heavy atom. The number of phenolic OH excluding ortho intramolecular Hbond substituents is 1. The molecule has 18 heavy (non-hydrogen) atoms. The normalized spacial score (nSPS) is 19.4. The molecule has 3 heteroatoms. The van der Waals surface area contributed by atoms with E-state index in [4.69, 9.17) is 0 Å². The van der Waals surface area contributed by atoms with E-state index in [0.717, 1.165) is 25.7 Å². The minimum atomic E-state index is -0.169. The fourth-order valence-electron chi connectivity index (χ4n) is 2.47. The van der Waals surface area contributed by atoms with Crippen LogP contribution in [0.2, 0.25) is 0 Å². The average Bonchev–Trinajstić information content (AvgIpc) is 2.32. The number of rotatable bonds is 2. The molecule has 0 unspecified atom stereocenters. The van der Waals surface area contributed by atoms with Gasteiger partial charge in [-0.1, -0.05) is 26.0 Å².